The average molecular weight is 235 g/mol. The quantitative estimate of drug-likeness (QED) is 0.681. The van der Waals surface area contributed by atoms with Gasteiger partial charge in [0.05, 0.1) is 12.5 Å². The van der Waals surface area contributed by atoms with Gasteiger partial charge in [0.2, 0.25) is 5.24 Å². The summed E-state index contributed by atoms with van der Waals surface area (Å²) in [6.45, 7) is 13.4. The van der Waals surface area contributed by atoms with Crippen molar-refractivity contribution in [2.45, 2.75) is 41.5 Å². The fraction of sp³-hybridized carbons (Fsp3) is 0.917. The molecule has 90 valence electrons. The lowest BCUT2D eigenvalue weighted by Gasteiger charge is -2.43. The number of carbonyl (C=O) groups is 1. The molecule has 0 amide bonds. The molecule has 0 N–H and O–H groups in total. The molecule has 0 aromatic heterocycles. The molecule has 0 heterocycles. The van der Waals surface area contributed by atoms with E-state index in [2.05, 4.69) is 34.6 Å². The van der Waals surface area contributed by atoms with Gasteiger partial charge in [-0.25, -0.2) is 0 Å². The van der Waals surface area contributed by atoms with Gasteiger partial charge in [0.15, 0.2) is 0 Å². The van der Waals surface area contributed by atoms with E-state index in [-0.39, 0.29) is 22.0 Å². The average Bonchev–Trinajstić information content (AvgIpc) is 2.01. The lowest BCUT2D eigenvalue weighted by Crippen LogP contribution is -2.42. The fourth-order valence-corrected chi connectivity index (χ4v) is 1.65. The summed E-state index contributed by atoms with van der Waals surface area (Å²) in [5.41, 5.74) is -0.166. The molecule has 0 saturated heterocycles. The smallest absolute Gasteiger partial charge is 0.227 e. The zero-order chi connectivity index (χ0) is 12.3. The van der Waals surface area contributed by atoms with Gasteiger partial charge in [-0.3, -0.25) is 4.79 Å². The third-order valence-electron chi connectivity index (χ3n) is 3.57. The first-order chi connectivity index (χ1) is 6.64. The number of halogens is 1. The van der Waals surface area contributed by atoms with E-state index in [0.29, 0.717) is 13.2 Å². The van der Waals surface area contributed by atoms with E-state index in [0.717, 1.165) is 0 Å². The minimum Gasteiger partial charge on any atom is -0.381 e. The van der Waals surface area contributed by atoms with Crippen LogP contribution >= 0.6 is 11.6 Å². The third kappa shape index (κ3) is 3.76. The molecular formula is C12H23ClO2. The van der Waals surface area contributed by atoms with Crippen LogP contribution in [-0.2, 0) is 9.53 Å². The maximum Gasteiger partial charge on any atom is 0.227 e. The van der Waals surface area contributed by atoms with Gasteiger partial charge in [-0.05, 0) is 29.4 Å². The third-order valence-corrected chi connectivity index (χ3v) is 3.83. The predicted octanol–water partition coefficient (Wildman–Crippen LogP) is 3.48. The first-order valence-electron chi connectivity index (χ1n) is 5.41. The highest BCUT2D eigenvalue weighted by Gasteiger charge is 2.43. The molecule has 0 rings (SSSR count). The van der Waals surface area contributed by atoms with Crippen LogP contribution < -0.4 is 0 Å². The Morgan fingerprint density at radius 3 is 2.00 bits per heavy atom. The van der Waals surface area contributed by atoms with Gasteiger partial charge in [-0.1, -0.05) is 34.6 Å². The van der Waals surface area contributed by atoms with Crippen LogP contribution in [0.15, 0.2) is 0 Å². The van der Waals surface area contributed by atoms with Gasteiger partial charge in [0, 0.05) is 6.61 Å². The molecule has 2 nitrogen and oxygen atoms in total. The molecule has 15 heavy (non-hydrogen) atoms. The maximum absolute atomic E-state index is 11.4. The van der Waals surface area contributed by atoms with Crippen molar-refractivity contribution < 1.29 is 9.53 Å². The number of ether oxygens (including phenoxy) is 1. The minimum absolute atomic E-state index is 0.0132. The van der Waals surface area contributed by atoms with Gasteiger partial charge in [0.1, 0.15) is 0 Å². The summed E-state index contributed by atoms with van der Waals surface area (Å²) < 4.78 is 5.33. The Labute approximate surface area is 98.3 Å². The normalized spacial score (nSPS) is 15.1. The zero-order valence-electron chi connectivity index (χ0n) is 10.7. The van der Waals surface area contributed by atoms with Crippen molar-refractivity contribution in [3.8, 4) is 0 Å². The summed E-state index contributed by atoms with van der Waals surface area (Å²) in [5, 5.41) is -0.302. The molecule has 0 bridgehead atoms. The minimum atomic E-state index is -0.302. The van der Waals surface area contributed by atoms with Crippen LogP contribution in [0.3, 0.4) is 0 Å². The van der Waals surface area contributed by atoms with Gasteiger partial charge >= 0.3 is 0 Å². The van der Waals surface area contributed by atoms with E-state index in [1.165, 1.54) is 0 Å². The molecule has 0 spiro atoms. The van der Waals surface area contributed by atoms with Crippen molar-refractivity contribution in [3.05, 3.63) is 0 Å². The summed E-state index contributed by atoms with van der Waals surface area (Å²) in [6.07, 6.45) is 0. The van der Waals surface area contributed by atoms with E-state index in [1.54, 1.807) is 0 Å². The van der Waals surface area contributed by atoms with E-state index in [9.17, 15) is 4.79 Å². The molecule has 3 heteroatoms. The molecular weight excluding hydrogens is 212 g/mol. The Hall–Kier alpha value is -0.0800. The van der Waals surface area contributed by atoms with Gasteiger partial charge in [-0.15, -0.1) is 0 Å². The van der Waals surface area contributed by atoms with Crippen molar-refractivity contribution in [1.82, 2.24) is 0 Å². The Morgan fingerprint density at radius 1 is 1.27 bits per heavy atom. The Balaban J connectivity index is 4.82. The first kappa shape index (κ1) is 14.9. The van der Waals surface area contributed by atoms with E-state index < -0.39 is 0 Å². The Kier molecular flexibility index (Phi) is 5.28. The topological polar surface area (TPSA) is 26.3 Å². The maximum atomic E-state index is 11.4. The molecule has 0 aromatic carbocycles. The molecule has 0 aliphatic heterocycles. The standard InChI is InChI=1S/C12H23ClO2/c1-7-15-8-9(10(13)14)12(5,6)11(2,3)4/h9H,7-8H2,1-6H3. The Morgan fingerprint density at radius 2 is 1.73 bits per heavy atom. The summed E-state index contributed by atoms with van der Waals surface area (Å²) in [4.78, 5) is 11.4. The molecule has 0 aliphatic carbocycles. The second kappa shape index (κ2) is 5.31. The number of hydrogen-bond donors (Lipinski definition) is 0. The lowest BCUT2D eigenvalue weighted by molar-refractivity contribution is -0.125. The lowest BCUT2D eigenvalue weighted by atomic mass is 9.62. The number of rotatable bonds is 5. The van der Waals surface area contributed by atoms with Crippen LogP contribution in [0.4, 0.5) is 0 Å². The van der Waals surface area contributed by atoms with E-state index >= 15 is 0 Å². The van der Waals surface area contributed by atoms with E-state index in [1.807, 2.05) is 6.92 Å². The van der Waals surface area contributed by atoms with Crippen molar-refractivity contribution in [2.24, 2.45) is 16.7 Å². The van der Waals surface area contributed by atoms with Crippen LogP contribution in [0.5, 0.6) is 0 Å². The SMILES string of the molecule is CCOCC(C(=O)Cl)C(C)(C)C(C)(C)C. The molecule has 0 saturated carbocycles. The summed E-state index contributed by atoms with van der Waals surface area (Å²) in [7, 11) is 0. The number of carbonyl (C=O) groups excluding carboxylic acids is 1. The van der Waals surface area contributed by atoms with Crippen LogP contribution in [0, 0.1) is 16.7 Å². The number of hydrogen-bond acceptors (Lipinski definition) is 2. The van der Waals surface area contributed by atoms with Crippen LogP contribution in [0.1, 0.15) is 41.5 Å². The molecule has 0 fully saturated rings. The highest BCUT2D eigenvalue weighted by Crippen LogP contribution is 2.45. The van der Waals surface area contributed by atoms with Crippen molar-refractivity contribution in [3.63, 3.8) is 0 Å². The monoisotopic (exact) mass is 234 g/mol. The second-order valence-corrected chi connectivity index (χ2v) is 5.86. The second-order valence-electron chi connectivity index (χ2n) is 5.49. The Bertz CT molecular complexity index is 216. The van der Waals surface area contributed by atoms with Gasteiger partial charge < -0.3 is 4.74 Å². The van der Waals surface area contributed by atoms with Crippen LogP contribution in [0.2, 0.25) is 0 Å². The first-order valence-corrected chi connectivity index (χ1v) is 5.79. The van der Waals surface area contributed by atoms with Gasteiger partial charge in [0.25, 0.3) is 0 Å². The summed E-state index contributed by atoms with van der Waals surface area (Å²) in [5.74, 6) is -0.251. The molecule has 1 unspecified atom stereocenters. The van der Waals surface area contributed by atoms with Crippen molar-refractivity contribution >= 4 is 16.8 Å². The highest BCUT2D eigenvalue weighted by atomic mass is 35.5. The summed E-state index contributed by atoms with van der Waals surface area (Å²) >= 11 is 5.65. The summed E-state index contributed by atoms with van der Waals surface area (Å²) in [6, 6.07) is 0. The van der Waals surface area contributed by atoms with Crippen LogP contribution in [-0.4, -0.2) is 18.5 Å². The van der Waals surface area contributed by atoms with Crippen LogP contribution in [0.25, 0.3) is 0 Å². The van der Waals surface area contributed by atoms with Crippen molar-refractivity contribution in [1.29, 1.82) is 0 Å². The van der Waals surface area contributed by atoms with Crippen molar-refractivity contribution in [2.75, 3.05) is 13.2 Å². The largest absolute Gasteiger partial charge is 0.381 e. The fourth-order valence-electron chi connectivity index (χ4n) is 1.32. The van der Waals surface area contributed by atoms with Gasteiger partial charge in [-0.2, -0.15) is 0 Å². The molecule has 1 atom stereocenters. The van der Waals surface area contributed by atoms with E-state index in [4.69, 9.17) is 16.3 Å². The zero-order valence-corrected chi connectivity index (χ0v) is 11.4. The highest BCUT2D eigenvalue weighted by molar-refractivity contribution is 6.64. The molecule has 0 aliphatic rings. The molecule has 0 aromatic rings. The molecule has 0 radical (unpaired) electrons. The predicted molar refractivity (Wildman–Crippen MR) is 64.1 cm³/mol.